The van der Waals surface area contributed by atoms with E-state index in [1.165, 1.54) is 0 Å². The minimum absolute atomic E-state index is 0.327. The predicted molar refractivity (Wildman–Crippen MR) is 79.0 cm³/mol. The van der Waals surface area contributed by atoms with E-state index in [1.807, 2.05) is 0 Å². The van der Waals surface area contributed by atoms with Gasteiger partial charge in [0, 0.05) is 17.0 Å². The van der Waals surface area contributed by atoms with Crippen molar-refractivity contribution < 1.29 is 9.59 Å². The van der Waals surface area contributed by atoms with Gasteiger partial charge in [-0.15, -0.1) is 0 Å². The molecule has 3 unspecified atom stereocenters. The third-order valence-electron chi connectivity index (χ3n) is 3.47. The molecule has 0 spiro atoms. The molecule has 0 heterocycles. The summed E-state index contributed by atoms with van der Waals surface area (Å²) in [5.74, 6) is -1.43. The molecule has 5 N–H and O–H groups in total. The van der Waals surface area contributed by atoms with Crippen LogP contribution in [0.5, 0.6) is 0 Å². The fraction of sp³-hybridized carbons (Fsp3) is 0.429. The summed E-state index contributed by atoms with van der Waals surface area (Å²) in [6.45, 7) is 4.97. The van der Waals surface area contributed by atoms with Crippen LogP contribution in [0.1, 0.15) is 26.3 Å². The molecule has 1 aromatic rings. The number of rotatable bonds is 5. The molecule has 3 atom stereocenters. The highest BCUT2D eigenvalue weighted by Gasteiger charge is 2.36. The summed E-state index contributed by atoms with van der Waals surface area (Å²) < 4.78 is 0. The molecule has 2 amide bonds. The number of primary amides is 1. The molecule has 5 nitrogen and oxygen atoms in total. The number of halogens is 1. The van der Waals surface area contributed by atoms with Gasteiger partial charge in [0.15, 0.2) is 0 Å². The van der Waals surface area contributed by atoms with Gasteiger partial charge in [-0.25, -0.2) is 0 Å². The average Bonchev–Trinajstić information content (AvgIpc) is 2.37. The Kier molecular flexibility index (Phi) is 5.14. The summed E-state index contributed by atoms with van der Waals surface area (Å²) in [6, 6.07) is 6.33. The van der Waals surface area contributed by atoms with Crippen molar-refractivity contribution in [3.63, 3.8) is 0 Å². The molecule has 0 aliphatic heterocycles. The lowest BCUT2D eigenvalue weighted by Gasteiger charge is -2.30. The lowest BCUT2D eigenvalue weighted by Crippen LogP contribution is -2.55. The summed E-state index contributed by atoms with van der Waals surface area (Å²) in [5, 5.41) is 3.13. The lowest BCUT2D eigenvalue weighted by atomic mass is 9.90. The Labute approximate surface area is 123 Å². The van der Waals surface area contributed by atoms with Crippen LogP contribution in [0, 0.1) is 5.92 Å². The number of hydrogen-bond donors (Lipinski definition) is 3. The van der Waals surface area contributed by atoms with Crippen molar-refractivity contribution in [2.45, 2.75) is 32.4 Å². The highest BCUT2D eigenvalue weighted by atomic mass is 35.5. The molecule has 0 aliphatic carbocycles. The zero-order valence-electron chi connectivity index (χ0n) is 11.8. The standard InChI is InChI=1S/C14H20ClN3O2/c1-8(9(2)16)12(19)18-14(3,13(17)20)10-5-4-6-11(15)7-10/h4-9H,16H2,1-3H3,(H2,17,20)(H,18,19). The van der Waals surface area contributed by atoms with Crippen molar-refractivity contribution >= 4 is 23.4 Å². The van der Waals surface area contributed by atoms with Crippen molar-refractivity contribution in [1.82, 2.24) is 5.32 Å². The predicted octanol–water partition coefficient (Wildman–Crippen LogP) is 1.14. The first kappa shape index (κ1) is 16.5. The summed E-state index contributed by atoms with van der Waals surface area (Å²) in [4.78, 5) is 23.9. The molecule has 110 valence electrons. The second-order valence-corrected chi connectivity index (χ2v) is 5.57. The smallest absolute Gasteiger partial charge is 0.247 e. The van der Waals surface area contributed by atoms with Crippen LogP contribution in [0.3, 0.4) is 0 Å². The minimum Gasteiger partial charge on any atom is -0.367 e. The number of amides is 2. The number of nitrogens with two attached hydrogens (primary N) is 2. The lowest BCUT2D eigenvalue weighted by molar-refractivity contribution is -0.133. The first-order valence-corrected chi connectivity index (χ1v) is 6.70. The van der Waals surface area contributed by atoms with Crippen molar-refractivity contribution in [2.75, 3.05) is 0 Å². The van der Waals surface area contributed by atoms with E-state index in [9.17, 15) is 9.59 Å². The Morgan fingerprint density at radius 2 is 1.95 bits per heavy atom. The molecule has 0 radical (unpaired) electrons. The van der Waals surface area contributed by atoms with Crippen LogP contribution in [-0.4, -0.2) is 17.9 Å². The maximum atomic E-state index is 12.1. The van der Waals surface area contributed by atoms with Gasteiger partial charge < -0.3 is 16.8 Å². The van der Waals surface area contributed by atoms with E-state index in [1.54, 1.807) is 45.0 Å². The molecule has 1 aromatic carbocycles. The molecular formula is C14H20ClN3O2. The number of nitrogens with one attached hydrogen (secondary N) is 1. The van der Waals surface area contributed by atoms with E-state index < -0.39 is 17.4 Å². The van der Waals surface area contributed by atoms with Gasteiger partial charge in [-0.1, -0.05) is 30.7 Å². The SMILES string of the molecule is CC(N)C(C)C(=O)NC(C)(C(N)=O)c1cccc(Cl)c1. The summed E-state index contributed by atoms with van der Waals surface area (Å²) in [6.07, 6.45) is 0. The van der Waals surface area contributed by atoms with Crippen LogP contribution >= 0.6 is 11.6 Å². The van der Waals surface area contributed by atoms with E-state index in [0.29, 0.717) is 10.6 Å². The summed E-state index contributed by atoms with van der Waals surface area (Å²) in [5.41, 5.74) is 10.3. The normalized spacial score (nSPS) is 16.9. The largest absolute Gasteiger partial charge is 0.367 e. The molecule has 0 saturated heterocycles. The van der Waals surface area contributed by atoms with E-state index >= 15 is 0 Å². The van der Waals surface area contributed by atoms with Gasteiger partial charge in [0.05, 0.1) is 0 Å². The Morgan fingerprint density at radius 1 is 1.35 bits per heavy atom. The molecule has 1 rings (SSSR count). The minimum atomic E-state index is -1.33. The molecule has 0 aliphatic rings. The van der Waals surface area contributed by atoms with Crippen LogP contribution in [0.2, 0.25) is 5.02 Å². The topological polar surface area (TPSA) is 98.2 Å². The van der Waals surface area contributed by atoms with Gasteiger partial charge >= 0.3 is 0 Å². The Hall–Kier alpha value is -1.59. The molecule has 6 heteroatoms. The van der Waals surface area contributed by atoms with Crippen LogP contribution in [0.25, 0.3) is 0 Å². The zero-order valence-corrected chi connectivity index (χ0v) is 12.6. The first-order valence-electron chi connectivity index (χ1n) is 6.32. The molecule has 0 fully saturated rings. The van der Waals surface area contributed by atoms with Gasteiger partial charge in [-0.3, -0.25) is 9.59 Å². The molecular weight excluding hydrogens is 278 g/mol. The van der Waals surface area contributed by atoms with E-state index in [0.717, 1.165) is 0 Å². The highest BCUT2D eigenvalue weighted by Crippen LogP contribution is 2.24. The Balaban J connectivity index is 3.11. The summed E-state index contributed by atoms with van der Waals surface area (Å²) >= 11 is 5.92. The van der Waals surface area contributed by atoms with Gasteiger partial charge in [-0.05, 0) is 31.5 Å². The number of carbonyl (C=O) groups is 2. The third-order valence-corrected chi connectivity index (χ3v) is 3.71. The number of hydrogen-bond acceptors (Lipinski definition) is 3. The van der Waals surface area contributed by atoms with E-state index in [4.69, 9.17) is 23.1 Å². The van der Waals surface area contributed by atoms with Crippen molar-refractivity contribution in [2.24, 2.45) is 17.4 Å². The fourth-order valence-electron chi connectivity index (χ4n) is 1.67. The number of benzene rings is 1. The van der Waals surface area contributed by atoms with Crippen LogP contribution in [0.4, 0.5) is 0 Å². The molecule has 0 saturated carbocycles. The Bertz CT molecular complexity index is 519. The van der Waals surface area contributed by atoms with Crippen LogP contribution in [0.15, 0.2) is 24.3 Å². The second-order valence-electron chi connectivity index (χ2n) is 5.14. The third kappa shape index (κ3) is 3.49. The fourth-order valence-corrected chi connectivity index (χ4v) is 1.86. The quantitative estimate of drug-likeness (QED) is 0.760. The van der Waals surface area contributed by atoms with Crippen molar-refractivity contribution in [1.29, 1.82) is 0 Å². The monoisotopic (exact) mass is 297 g/mol. The average molecular weight is 298 g/mol. The zero-order chi connectivity index (χ0) is 15.5. The highest BCUT2D eigenvalue weighted by molar-refractivity contribution is 6.30. The van der Waals surface area contributed by atoms with Crippen LogP contribution < -0.4 is 16.8 Å². The van der Waals surface area contributed by atoms with Crippen molar-refractivity contribution in [3.8, 4) is 0 Å². The molecule has 20 heavy (non-hydrogen) atoms. The first-order chi connectivity index (χ1) is 9.18. The maximum absolute atomic E-state index is 12.1. The summed E-state index contributed by atoms with van der Waals surface area (Å²) in [7, 11) is 0. The van der Waals surface area contributed by atoms with Gasteiger partial charge in [0.1, 0.15) is 5.54 Å². The van der Waals surface area contributed by atoms with Gasteiger partial charge in [-0.2, -0.15) is 0 Å². The van der Waals surface area contributed by atoms with Gasteiger partial charge in [0.2, 0.25) is 11.8 Å². The van der Waals surface area contributed by atoms with Crippen LogP contribution in [-0.2, 0) is 15.1 Å². The molecule has 0 aromatic heterocycles. The van der Waals surface area contributed by atoms with E-state index in [2.05, 4.69) is 5.32 Å². The second kappa shape index (κ2) is 6.24. The Morgan fingerprint density at radius 3 is 2.40 bits per heavy atom. The van der Waals surface area contributed by atoms with E-state index in [-0.39, 0.29) is 11.9 Å². The van der Waals surface area contributed by atoms with Gasteiger partial charge in [0.25, 0.3) is 0 Å². The molecule has 0 bridgehead atoms. The maximum Gasteiger partial charge on any atom is 0.247 e. The number of carbonyl (C=O) groups excluding carboxylic acids is 2. The van der Waals surface area contributed by atoms with Crippen molar-refractivity contribution in [3.05, 3.63) is 34.9 Å².